The third-order valence-electron chi connectivity index (χ3n) is 1.12. The van der Waals surface area contributed by atoms with Crippen molar-refractivity contribution in [1.29, 1.82) is 5.26 Å². The Morgan fingerprint density at radius 1 is 1.80 bits per heavy atom. The lowest BCUT2D eigenvalue weighted by molar-refractivity contribution is 0.535. The van der Waals surface area contributed by atoms with Gasteiger partial charge in [-0.15, -0.1) is 0 Å². The Labute approximate surface area is 66.6 Å². The van der Waals surface area contributed by atoms with Crippen LogP contribution < -0.4 is 5.73 Å². The molecule has 0 amide bonds. The minimum absolute atomic E-state index is 0.529. The number of nitrogens with zero attached hydrogens (tertiary/aromatic N) is 1. The summed E-state index contributed by atoms with van der Waals surface area (Å²) in [5.41, 5.74) is 6.07. The highest BCUT2D eigenvalue weighted by Gasteiger charge is 2.09. The van der Waals surface area contributed by atoms with Crippen molar-refractivity contribution in [2.45, 2.75) is 6.04 Å². The van der Waals surface area contributed by atoms with Crippen molar-refractivity contribution in [3.05, 3.63) is 22.6 Å². The first-order valence-corrected chi connectivity index (χ1v) is 3.43. The molecule has 1 heterocycles. The van der Waals surface area contributed by atoms with Crippen molar-refractivity contribution in [1.82, 2.24) is 0 Å². The molecule has 3 nitrogen and oxygen atoms in total. The molecule has 0 fully saturated rings. The second-order valence-corrected chi connectivity index (χ2v) is 2.48. The molecule has 0 radical (unpaired) electrons. The number of nitriles is 1. The standard InChI is InChI=1S/C6H5BrN2O/c7-6-4(1-2-10-6)5(9)3-8/h1-2,5H,9H2. The molecule has 1 aromatic heterocycles. The minimum atomic E-state index is -0.604. The summed E-state index contributed by atoms with van der Waals surface area (Å²) in [5.74, 6) is 0. The van der Waals surface area contributed by atoms with Crippen molar-refractivity contribution in [3.8, 4) is 6.07 Å². The van der Waals surface area contributed by atoms with E-state index in [1.165, 1.54) is 6.26 Å². The quantitative estimate of drug-likeness (QED) is 0.749. The summed E-state index contributed by atoms with van der Waals surface area (Å²) in [6.07, 6.45) is 1.48. The summed E-state index contributed by atoms with van der Waals surface area (Å²) in [5, 5.41) is 8.39. The van der Waals surface area contributed by atoms with Crippen LogP contribution in [0.15, 0.2) is 21.4 Å². The Balaban J connectivity index is 2.96. The first kappa shape index (κ1) is 7.32. The molecule has 0 aromatic carbocycles. The monoisotopic (exact) mass is 200 g/mol. The molecule has 0 aliphatic carbocycles. The van der Waals surface area contributed by atoms with Gasteiger partial charge in [0.05, 0.1) is 12.3 Å². The van der Waals surface area contributed by atoms with Crippen LogP contribution in [0.1, 0.15) is 11.6 Å². The lowest BCUT2D eigenvalue weighted by Gasteiger charge is -1.95. The molecule has 1 unspecified atom stereocenters. The third-order valence-corrected chi connectivity index (χ3v) is 1.76. The van der Waals surface area contributed by atoms with E-state index in [0.29, 0.717) is 10.2 Å². The van der Waals surface area contributed by atoms with Crippen LogP contribution in [0.2, 0.25) is 0 Å². The fraction of sp³-hybridized carbons (Fsp3) is 0.167. The highest BCUT2D eigenvalue weighted by molar-refractivity contribution is 9.10. The van der Waals surface area contributed by atoms with Gasteiger partial charge in [0.25, 0.3) is 0 Å². The number of furan rings is 1. The second-order valence-electron chi connectivity index (χ2n) is 1.76. The zero-order valence-electron chi connectivity index (χ0n) is 5.04. The smallest absolute Gasteiger partial charge is 0.174 e. The van der Waals surface area contributed by atoms with Crippen molar-refractivity contribution in [3.63, 3.8) is 0 Å². The average molecular weight is 201 g/mol. The molecule has 0 aliphatic heterocycles. The van der Waals surface area contributed by atoms with Crippen molar-refractivity contribution in [2.75, 3.05) is 0 Å². The first-order valence-electron chi connectivity index (χ1n) is 2.64. The van der Waals surface area contributed by atoms with Crippen LogP contribution in [-0.4, -0.2) is 0 Å². The van der Waals surface area contributed by atoms with Gasteiger partial charge in [0.2, 0.25) is 0 Å². The van der Waals surface area contributed by atoms with Gasteiger partial charge in [0.15, 0.2) is 4.67 Å². The van der Waals surface area contributed by atoms with Crippen molar-refractivity contribution < 1.29 is 4.42 Å². The SMILES string of the molecule is N#CC(N)c1ccoc1Br. The Morgan fingerprint density at radius 2 is 2.50 bits per heavy atom. The molecular weight excluding hydrogens is 196 g/mol. The lowest BCUT2D eigenvalue weighted by Crippen LogP contribution is -2.05. The van der Waals surface area contributed by atoms with Crippen molar-refractivity contribution >= 4 is 15.9 Å². The zero-order chi connectivity index (χ0) is 7.56. The van der Waals surface area contributed by atoms with Gasteiger partial charge in [0.1, 0.15) is 6.04 Å². The van der Waals surface area contributed by atoms with Crippen LogP contribution in [0, 0.1) is 11.3 Å². The largest absolute Gasteiger partial charge is 0.457 e. The van der Waals surface area contributed by atoms with E-state index >= 15 is 0 Å². The van der Waals surface area contributed by atoms with Gasteiger partial charge in [-0.05, 0) is 22.0 Å². The molecular formula is C6H5BrN2O. The molecule has 4 heteroatoms. The Hall–Kier alpha value is -0.790. The summed E-state index contributed by atoms with van der Waals surface area (Å²) >= 11 is 3.11. The maximum Gasteiger partial charge on any atom is 0.174 e. The number of rotatable bonds is 1. The van der Waals surface area contributed by atoms with E-state index in [2.05, 4.69) is 15.9 Å². The summed E-state index contributed by atoms with van der Waals surface area (Å²) in [7, 11) is 0. The number of hydrogen-bond acceptors (Lipinski definition) is 3. The van der Waals surface area contributed by atoms with E-state index in [9.17, 15) is 0 Å². The van der Waals surface area contributed by atoms with E-state index in [0.717, 1.165) is 0 Å². The molecule has 0 bridgehead atoms. The fourth-order valence-electron chi connectivity index (χ4n) is 0.596. The fourth-order valence-corrected chi connectivity index (χ4v) is 1.08. The van der Waals surface area contributed by atoms with Gasteiger partial charge >= 0.3 is 0 Å². The summed E-state index contributed by atoms with van der Waals surface area (Å²) in [6.45, 7) is 0. The minimum Gasteiger partial charge on any atom is -0.457 e. The maximum atomic E-state index is 8.39. The van der Waals surface area contributed by atoms with Crippen LogP contribution in [-0.2, 0) is 0 Å². The topological polar surface area (TPSA) is 63.0 Å². The molecule has 0 saturated carbocycles. The molecule has 10 heavy (non-hydrogen) atoms. The van der Waals surface area contributed by atoms with E-state index in [1.807, 2.05) is 6.07 Å². The molecule has 1 rings (SSSR count). The highest BCUT2D eigenvalue weighted by Crippen LogP contribution is 2.22. The maximum absolute atomic E-state index is 8.39. The van der Waals surface area contributed by atoms with Gasteiger partial charge in [-0.1, -0.05) is 0 Å². The van der Waals surface area contributed by atoms with Crippen LogP contribution in [0.25, 0.3) is 0 Å². The molecule has 1 aromatic rings. The average Bonchev–Trinajstić information content (AvgIpc) is 2.34. The lowest BCUT2D eigenvalue weighted by atomic mass is 10.2. The Kier molecular flexibility index (Phi) is 2.10. The van der Waals surface area contributed by atoms with Gasteiger partial charge in [-0.3, -0.25) is 0 Å². The predicted octanol–water partition coefficient (Wildman–Crippen LogP) is 1.57. The number of hydrogen-bond donors (Lipinski definition) is 1. The van der Waals surface area contributed by atoms with Gasteiger partial charge < -0.3 is 10.2 Å². The first-order chi connectivity index (χ1) is 4.75. The number of nitrogens with two attached hydrogens (primary N) is 1. The van der Waals surface area contributed by atoms with E-state index in [1.54, 1.807) is 6.07 Å². The molecule has 0 spiro atoms. The Morgan fingerprint density at radius 3 is 2.90 bits per heavy atom. The van der Waals surface area contributed by atoms with Gasteiger partial charge in [-0.2, -0.15) is 5.26 Å². The van der Waals surface area contributed by atoms with Crippen LogP contribution >= 0.6 is 15.9 Å². The summed E-state index contributed by atoms with van der Waals surface area (Å²) in [6, 6.07) is 2.96. The molecule has 0 aliphatic rings. The molecule has 0 saturated heterocycles. The molecule has 2 N–H and O–H groups in total. The van der Waals surface area contributed by atoms with E-state index in [-0.39, 0.29) is 0 Å². The second kappa shape index (κ2) is 2.86. The summed E-state index contributed by atoms with van der Waals surface area (Å²) in [4.78, 5) is 0. The van der Waals surface area contributed by atoms with E-state index in [4.69, 9.17) is 15.4 Å². The van der Waals surface area contributed by atoms with E-state index < -0.39 is 6.04 Å². The summed E-state index contributed by atoms with van der Waals surface area (Å²) < 4.78 is 5.40. The van der Waals surface area contributed by atoms with Gasteiger partial charge in [-0.25, -0.2) is 0 Å². The van der Waals surface area contributed by atoms with Crippen molar-refractivity contribution in [2.24, 2.45) is 5.73 Å². The normalized spacial score (nSPS) is 12.5. The van der Waals surface area contributed by atoms with Crippen LogP contribution in [0.3, 0.4) is 0 Å². The zero-order valence-corrected chi connectivity index (χ0v) is 6.63. The Bertz CT molecular complexity index is 263. The number of halogens is 1. The highest BCUT2D eigenvalue weighted by atomic mass is 79.9. The molecule has 1 atom stereocenters. The van der Waals surface area contributed by atoms with Gasteiger partial charge in [0, 0.05) is 5.56 Å². The predicted molar refractivity (Wildman–Crippen MR) is 38.9 cm³/mol. The third kappa shape index (κ3) is 1.20. The van der Waals surface area contributed by atoms with Crippen LogP contribution in [0.5, 0.6) is 0 Å². The van der Waals surface area contributed by atoms with Crippen LogP contribution in [0.4, 0.5) is 0 Å². The molecule has 52 valence electrons.